The van der Waals surface area contributed by atoms with Crippen molar-refractivity contribution in [3.05, 3.63) is 42.0 Å². The van der Waals surface area contributed by atoms with Gasteiger partial charge in [0.05, 0.1) is 11.4 Å². The molecule has 178 valence electrons. The number of aryl methyl sites for hydroxylation is 1. The summed E-state index contributed by atoms with van der Waals surface area (Å²) in [7, 11) is -3.50. The first-order valence-electron chi connectivity index (χ1n) is 11.0. The van der Waals surface area contributed by atoms with E-state index in [2.05, 4.69) is 32.7 Å². The number of piperidine rings is 1. The molecule has 0 atom stereocenters. The minimum atomic E-state index is -3.50. The predicted octanol–water partition coefficient (Wildman–Crippen LogP) is 2.39. The average molecular weight is 576 g/mol. The molecule has 9 nitrogen and oxygen atoms in total. The van der Waals surface area contributed by atoms with Gasteiger partial charge in [0.1, 0.15) is 12.2 Å². The number of hydrogen-bond donors (Lipinski definition) is 2. The molecule has 0 aliphatic carbocycles. The first-order chi connectivity index (χ1) is 15.1. The van der Waals surface area contributed by atoms with Gasteiger partial charge >= 0.3 is 0 Å². The largest absolute Gasteiger partial charge is 0.357 e. The number of rotatable bonds is 9. The molecule has 11 heteroatoms. The third-order valence-corrected chi connectivity index (χ3v) is 7.31. The van der Waals surface area contributed by atoms with Gasteiger partial charge in [0.2, 0.25) is 10.0 Å². The molecule has 2 N–H and O–H groups in total. The highest BCUT2D eigenvalue weighted by Gasteiger charge is 2.27. The van der Waals surface area contributed by atoms with E-state index in [0.717, 1.165) is 38.1 Å². The van der Waals surface area contributed by atoms with Crippen LogP contribution >= 0.6 is 24.0 Å². The molecular weight excluding hydrogens is 541 g/mol. The fraction of sp³-hybridized carbons (Fsp3) is 0.571. The number of nitrogens with one attached hydrogen (secondary N) is 2. The fourth-order valence-corrected chi connectivity index (χ4v) is 5.40. The van der Waals surface area contributed by atoms with Gasteiger partial charge in [0.15, 0.2) is 5.96 Å². The highest BCUT2D eigenvalue weighted by molar-refractivity contribution is 14.0. The monoisotopic (exact) mass is 575 g/mol. The number of aromatic nitrogens is 3. The second kappa shape index (κ2) is 13.1. The summed E-state index contributed by atoms with van der Waals surface area (Å²) >= 11 is 0. The van der Waals surface area contributed by atoms with Crippen LogP contribution in [0.4, 0.5) is 0 Å². The molecular formula is C21H34IN7O2S. The van der Waals surface area contributed by atoms with Crippen molar-refractivity contribution in [3.63, 3.8) is 0 Å². The van der Waals surface area contributed by atoms with Crippen LogP contribution in [0.1, 0.15) is 44.5 Å². The van der Waals surface area contributed by atoms with Crippen LogP contribution in [0.15, 0.2) is 40.5 Å². The van der Waals surface area contributed by atoms with Gasteiger partial charge in [-0.15, -0.1) is 34.2 Å². The van der Waals surface area contributed by atoms with Gasteiger partial charge in [-0.1, -0.05) is 31.5 Å². The van der Waals surface area contributed by atoms with Gasteiger partial charge in [-0.2, -0.15) is 4.31 Å². The maximum atomic E-state index is 13.2. The van der Waals surface area contributed by atoms with Crippen molar-refractivity contribution in [2.75, 3.05) is 26.2 Å². The van der Waals surface area contributed by atoms with Gasteiger partial charge in [-0.25, -0.2) is 13.4 Å². The van der Waals surface area contributed by atoms with Crippen LogP contribution in [0.5, 0.6) is 0 Å². The molecule has 1 aliphatic rings. The molecule has 2 aromatic rings. The number of sulfonamides is 1. The number of aliphatic imine (C=N–C) groups is 1. The van der Waals surface area contributed by atoms with Crippen LogP contribution in [0.3, 0.4) is 0 Å². The first kappa shape index (κ1) is 26.5. The molecule has 1 fully saturated rings. The van der Waals surface area contributed by atoms with E-state index in [1.165, 1.54) is 0 Å². The number of hydrogen-bond acceptors (Lipinski definition) is 5. The van der Waals surface area contributed by atoms with Crippen LogP contribution in [-0.4, -0.2) is 59.6 Å². The quantitative estimate of drug-likeness (QED) is 0.271. The van der Waals surface area contributed by atoms with Crippen molar-refractivity contribution in [2.24, 2.45) is 4.99 Å². The lowest BCUT2D eigenvalue weighted by Crippen LogP contribution is -2.39. The minimum Gasteiger partial charge on any atom is -0.357 e. The van der Waals surface area contributed by atoms with Gasteiger partial charge in [-0.3, -0.25) is 0 Å². The zero-order chi connectivity index (χ0) is 22.1. The summed E-state index contributed by atoms with van der Waals surface area (Å²) < 4.78 is 30.0. The number of guanidine groups is 1. The number of benzene rings is 1. The van der Waals surface area contributed by atoms with Gasteiger partial charge in [0, 0.05) is 39.1 Å². The van der Waals surface area contributed by atoms with Crippen molar-refractivity contribution in [3.8, 4) is 0 Å². The highest BCUT2D eigenvalue weighted by Crippen LogP contribution is 2.24. The molecule has 1 aromatic carbocycles. The van der Waals surface area contributed by atoms with E-state index in [9.17, 15) is 8.42 Å². The fourth-order valence-electron chi connectivity index (χ4n) is 3.67. The van der Waals surface area contributed by atoms with Crippen molar-refractivity contribution >= 4 is 40.0 Å². The Balaban J connectivity index is 0.00000363. The molecule has 2 heterocycles. The van der Waals surface area contributed by atoms with Crippen molar-refractivity contribution in [1.82, 2.24) is 29.7 Å². The van der Waals surface area contributed by atoms with Crippen LogP contribution in [0.25, 0.3) is 0 Å². The summed E-state index contributed by atoms with van der Waals surface area (Å²) in [6.07, 6.45) is 5.48. The molecule has 0 amide bonds. The topological polar surface area (TPSA) is 105 Å². The summed E-state index contributed by atoms with van der Waals surface area (Å²) in [5, 5.41) is 14.6. The zero-order valence-corrected chi connectivity index (χ0v) is 22.0. The molecule has 32 heavy (non-hydrogen) atoms. The van der Waals surface area contributed by atoms with E-state index in [1.54, 1.807) is 22.8 Å². The lowest BCUT2D eigenvalue weighted by atomic mass is 10.2. The molecule has 3 rings (SSSR count). The Morgan fingerprint density at radius 2 is 1.88 bits per heavy atom. The molecule has 0 unspecified atom stereocenters. The van der Waals surface area contributed by atoms with Gasteiger partial charge in [-0.05, 0) is 31.4 Å². The lowest BCUT2D eigenvalue weighted by molar-refractivity contribution is 0.346. The smallest absolute Gasteiger partial charge is 0.243 e. The maximum absolute atomic E-state index is 13.2. The Kier molecular flexibility index (Phi) is 10.9. The predicted molar refractivity (Wildman–Crippen MR) is 137 cm³/mol. The summed E-state index contributed by atoms with van der Waals surface area (Å²) in [5.74, 6) is 1.60. The lowest BCUT2D eigenvalue weighted by Gasteiger charge is -2.26. The van der Waals surface area contributed by atoms with Crippen LogP contribution in [-0.2, 0) is 29.5 Å². The Labute approximate surface area is 208 Å². The van der Waals surface area contributed by atoms with Crippen LogP contribution in [0, 0.1) is 0 Å². The van der Waals surface area contributed by atoms with E-state index in [1.807, 2.05) is 23.6 Å². The summed E-state index contributed by atoms with van der Waals surface area (Å²) in [6, 6.07) is 7.17. The normalized spacial score (nSPS) is 15.2. The zero-order valence-electron chi connectivity index (χ0n) is 18.8. The third kappa shape index (κ3) is 6.88. The molecule has 0 saturated carbocycles. The number of halogens is 1. The minimum absolute atomic E-state index is 0. The van der Waals surface area contributed by atoms with Crippen molar-refractivity contribution in [2.45, 2.75) is 57.5 Å². The molecule has 1 aromatic heterocycles. The second-order valence-electron chi connectivity index (χ2n) is 7.49. The van der Waals surface area contributed by atoms with E-state index in [0.29, 0.717) is 42.6 Å². The molecule has 0 radical (unpaired) electrons. The molecule has 1 saturated heterocycles. The Hall–Kier alpha value is -1.73. The van der Waals surface area contributed by atoms with Crippen LogP contribution in [0.2, 0.25) is 0 Å². The van der Waals surface area contributed by atoms with Gasteiger partial charge < -0.3 is 15.2 Å². The van der Waals surface area contributed by atoms with Crippen molar-refractivity contribution < 1.29 is 8.42 Å². The van der Waals surface area contributed by atoms with E-state index in [4.69, 9.17) is 0 Å². The Morgan fingerprint density at radius 3 is 2.59 bits per heavy atom. The summed E-state index contributed by atoms with van der Waals surface area (Å²) in [6.45, 7) is 7.61. The van der Waals surface area contributed by atoms with E-state index < -0.39 is 10.0 Å². The van der Waals surface area contributed by atoms with Crippen LogP contribution < -0.4 is 10.6 Å². The SMILES string of the molecule is CCNC(=NCc1ccccc1S(=O)(=O)N1CCCCC1)NCCn1cnnc1CC.I. The maximum Gasteiger partial charge on any atom is 0.243 e. The molecule has 0 bridgehead atoms. The summed E-state index contributed by atoms with van der Waals surface area (Å²) in [5.41, 5.74) is 0.706. The Morgan fingerprint density at radius 1 is 1.12 bits per heavy atom. The number of nitrogens with zero attached hydrogens (tertiary/aromatic N) is 5. The van der Waals surface area contributed by atoms with Gasteiger partial charge in [0.25, 0.3) is 0 Å². The second-order valence-corrected chi connectivity index (χ2v) is 9.39. The standard InChI is InChI=1S/C21H33N7O2S.HI/c1-3-20-26-25-17-27(20)15-12-23-21(22-4-2)24-16-18-10-6-7-11-19(18)31(29,30)28-13-8-5-9-14-28;/h6-7,10-11,17H,3-5,8-9,12-16H2,1-2H3,(H2,22,23,24);1H. The first-order valence-corrected chi connectivity index (χ1v) is 12.5. The van der Waals surface area contributed by atoms with Crippen molar-refractivity contribution in [1.29, 1.82) is 0 Å². The van der Waals surface area contributed by atoms with E-state index >= 15 is 0 Å². The average Bonchev–Trinajstić information content (AvgIpc) is 3.26. The highest BCUT2D eigenvalue weighted by atomic mass is 127. The molecule has 1 aliphatic heterocycles. The third-order valence-electron chi connectivity index (χ3n) is 5.31. The Bertz CT molecular complexity index is 972. The summed E-state index contributed by atoms with van der Waals surface area (Å²) in [4.78, 5) is 4.99. The van der Waals surface area contributed by atoms with E-state index in [-0.39, 0.29) is 30.5 Å². The molecule has 0 spiro atoms.